The number of aryl methyl sites for hydroxylation is 1. The standard InChI is InChI=1S/C16H19N3S/c1-3-4-5-10-15-19(12(2)11-20-15)16-17-13-8-6-7-9-14(13)18-16/h6-11H,3-5H2,1-2H3,(H,17,18)/p+1/b15-10-. The fraction of sp³-hybridized carbons (Fsp3) is 0.312. The smallest absolute Gasteiger partial charge is 0.241 e. The first kappa shape index (κ1) is 13.2. The number of aromatic amines is 2. The van der Waals surface area contributed by atoms with Gasteiger partial charge in [-0.1, -0.05) is 25.5 Å². The lowest BCUT2D eigenvalue weighted by atomic mass is 10.2. The molecule has 2 N–H and O–H groups in total. The Balaban J connectivity index is 2.29. The zero-order valence-electron chi connectivity index (χ0n) is 11.9. The van der Waals surface area contributed by atoms with Gasteiger partial charge in [0.25, 0.3) is 0 Å². The highest BCUT2D eigenvalue weighted by molar-refractivity contribution is 7.07. The van der Waals surface area contributed by atoms with Crippen molar-refractivity contribution in [1.82, 2.24) is 9.97 Å². The summed E-state index contributed by atoms with van der Waals surface area (Å²) in [6.07, 6.45) is 5.95. The molecule has 20 heavy (non-hydrogen) atoms. The first-order valence-electron chi connectivity index (χ1n) is 7.13. The summed E-state index contributed by atoms with van der Waals surface area (Å²) in [6.45, 7) is 4.38. The number of unbranched alkanes of at least 4 members (excludes halogenated alkanes) is 2. The Kier molecular flexibility index (Phi) is 3.74. The van der Waals surface area contributed by atoms with Crippen molar-refractivity contribution in [1.29, 1.82) is 0 Å². The van der Waals surface area contributed by atoms with Crippen molar-refractivity contribution < 1.29 is 4.24 Å². The number of H-pyrrole nitrogens is 2. The van der Waals surface area contributed by atoms with Gasteiger partial charge >= 0.3 is 5.62 Å². The summed E-state index contributed by atoms with van der Waals surface area (Å²) in [4.78, 5) is 6.93. The van der Waals surface area contributed by atoms with Crippen LogP contribution in [-0.4, -0.2) is 9.97 Å². The average Bonchev–Trinajstić information content (AvgIpc) is 3.02. The second kappa shape index (κ2) is 5.67. The van der Waals surface area contributed by atoms with Crippen LogP contribution in [0, 0.1) is 12.5 Å². The van der Waals surface area contributed by atoms with E-state index in [0.717, 1.165) is 23.1 Å². The van der Waals surface area contributed by atoms with E-state index in [1.165, 1.54) is 23.2 Å². The Hall–Kier alpha value is -1.81. The molecule has 1 aromatic carbocycles. The molecule has 0 radical (unpaired) electrons. The topological polar surface area (TPSA) is 37.5 Å². The van der Waals surface area contributed by atoms with Crippen LogP contribution in [0.25, 0.3) is 17.1 Å². The summed E-state index contributed by atoms with van der Waals surface area (Å²) in [7, 11) is 0. The van der Waals surface area contributed by atoms with Crippen molar-refractivity contribution in [3.63, 3.8) is 0 Å². The summed E-state index contributed by atoms with van der Waals surface area (Å²) >= 11 is 1.80. The van der Waals surface area contributed by atoms with Gasteiger partial charge in [-0.3, -0.25) is 0 Å². The van der Waals surface area contributed by atoms with E-state index >= 15 is 0 Å². The maximum absolute atomic E-state index is 3.46. The summed E-state index contributed by atoms with van der Waals surface area (Å²) in [6, 6.07) is 8.29. The molecule has 0 aliphatic rings. The largest absolute Gasteiger partial charge is 0.366 e. The zero-order chi connectivity index (χ0) is 13.9. The molecule has 0 aliphatic carbocycles. The van der Waals surface area contributed by atoms with Crippen molar-refractivity contribution in [2.75, 3.05) is 0 Å². The Morgan fingerprint density at radius 3 is 2.55 bits per heavy atom. The first-order chi connectivity index (χ1) is 9.79. The van der Waals surface area contributed by atoms with Crippen LogP contribution in [0.1, 0.15) is 31.9 Å². The predicted octanol–water partition coefficient (Wildman–Crippen LogP) is 3.20. The highest BCUT2D eigenvalue weighted by atomic mass is 32.1. The molecule has 3 rings (SSSR count). The molecule has 4 heteroatoms. The van der Waals surface area contributed by atoms with E-state index in [0.29, 0.717) is 0 Å². The molecule has 0 saturated carbocycles. The van der Waals surface area contributed by atoms with Crippen LogP contribution in [0.3, 0.4) is 0 Å². The number of fused-ring (bicyclic) bond motifs is 1. The average molecular weight is 286 g/mol. The van der Waals surface area contributed by atoms with E-state index in [-0.39, 0.29) is 0 Å². The van der Waals surface area contributed by atoms with Gasteiger partial charge in [0.15, 0.2) is 4.66 Å². The molecular formula is C16H20N3S+. The van der Waals surface area contributed by atoms with E-state index < -0.39 is 0 Å². The van der Waals surface area contributed by atoms with Gasteiger partial charge in [0.1, 0.15) is 11.0 Å². The van der Waals surface area contributed by atoms with Crippen LogP contribution in [0.5, 0.6) is 0 Å². The van der Waals surface area contributed by atoms with Gasteiger partial charge in [0, 0.05) is 5.38 Å². The molecule has 3 aromatic rings. The van der Waals surface area contributed by atoms with Gasteiger partial charge in [-0.2, -0.15) is 4.24 Å². The van der Waals surface area contributed by atoms with Crippen LogP contribution in [0.4, 0.5) is 0 Å². The van der Waals surface area contributed by atoms with Crippen LogP contribution >= 0.6 is 11.3 Å². The van der Waals surface area contributed by atoms with Gasteiger partial charge in [0.05, 0.1) is 5.69 Å². The third-order valence-electron chi connectivity index (χ3n) is 3.46. The number of aromatic nitrogens is 3. The van der Waals surface area contributed by atoms with Crippen molar-refractivity contribution >= 4 is 28.4 Å². The quantitative estimate of drug-likeness (QED) is 0.548. The molecule has 0 fully saturated rings. The number of nitrogens with one attached hydrogen (secondary N) is 2. The van der Waals surface area contributed by atoms with E-state index in [9.17, 15) is 0 Å². The van der Waals surface area contributed by atoms with Gasteiger partial charge in [-0.25, -0.2) is 9.97 Å². The number of hydrogen-bond acceptors (Lipinski definition) is 1. The molecule has 0 bridgehead atoms. The van der Waals surface area contributed by atoms with E-state index in [2.05, 4.69) is 63.8 Å². The highest BCUT2D eigenvalue weighted by Gasteiger charge is 2.05. The van der Waals surface area contributed by atoms with Gasteiger partial charge in [-0.15, -0.1) is 11.3 Å². The Morgan fingerprint density at radius 2 is 1.90 bits per heavy atom. The fourth-order valence-corrected chi connectivity index (χ4v) is 3.33. The Morgan fingerprint density at radius 1 is 1.20 bits per heavy atom. The van der Waals surface area contributed by atoms with Crippen molar-refractivity contribution in [3.05, 3.63) is 45.6 Å². The van der Waals surface area contributed by atoms with E-state index in [1.54, 1.807) is 11.3 Å². The van der Waals surface area contributed by atoms with E-state index in [1.807, 2.05) is 0 Å². The maximum Gasteiger partial charge on any atom is 0.366 e. The predicted molar refractivity (Wildman–Crippen MR) is 84.2 cm³/mol. The monoisotopic (exact) mass is 286 g/mol. The number of nitrogens with zero attached hydrogens (tertiary/aromatic N) is 1. The van der Waals surface area contributed by atoms with Crippen LogP contribution < -0.4 is 8.91 Å². The van der Waals surface area contributed by atoms with Crippen molar-refractivity contribution in [2.24, 2.45) is 0 Å². The lowest BCUT2D eigenvalue weighted by Gasteiger charge is -1.86. The van der Waals surface area contributed by atoms with Crippen LogP contribution in [-0.2, 0) is 0 Å². The second-order valence-corrected chi connectivity index (χ2v) is 5.93. The molecule has 0 unspecified atom stereocenters. The Bertz CT molecular complexity index is 831. The fourth-order valence-electron chi connectivity index (χ4n) is 2.38. The number of hydrogen-bond donors (Lipinski definition) is 2. The molecule has 2 heterocycles. The summed E-state index contributed by atoms with van der Waals surface area (Å²) in [5, 5.41) is 2.21. The zero-order valence-corrected chi connectivity index (χ0v) is 12.8. The minimum absolute atomic E-state index is 1.03. The van der Waals surface area contributed by atoms with Gasteiger partial charge in [-0.05, 0) is 38.0 Å². The molecule has 3 nitrogen and oxygen atoms in total. The lowest BCUT2D eigenvalue weighted by molar-refractivity contribution is -0.532. The molecule has 0 saturated heterocycles. The molecule has 0 amide bonds. The third-order valence-corrected chi connectivity index (χ3v) is 4.51. The molecule has 0 atom stereocenters. The first-order valence-corrected chi connectivity index (χ1v) is 8.01. The molecule has 104 valence electrons. The van der Waals surface area contributed by atoms with Crippen molar-refractivity contribution in [2.45, 2.75) is 33.1 Å². The van der Waals surface area contributed by atoms with Crippen LogP contribution in [0.2, 0.25) is 0 Å². The second-order valence-electron chi connectivity index (χ2n) is 5.04. The summed E-state index contributed by atoms with van der Waals surface area (Å²) in [5.41, 5.74) is 4.56. The lowest BCUT2D eigenvalue weighted by Crippen LogP contribution is -2.36. The van der Waals surface area contributed by atoms with Crippen LogP contribution in [0.15, 0.2) is 29.6 Å². The SMILES string of the molecule is CCCC/C=c1\scc(C)[n+]1=c1[nH]c2ccccc2[nH]1. The molecule has 2 aromatic heterocycles. The number of benzene rings is 1. The number of imidazole rings is 1. The minimum Gasteiger partial charge on any atom is -0.241 e. The third kappa shape index (κ3) is 2.43. The highest BCUT2D eigenvalue weighted by Crippen LogP contribution is 2.06. The summed E-state index contributed by atoms with van der Waals surface area (Å²) in [5.74, 6) is 0. The van der Waals surface area contributed by atoms with Crippen molar-refractivity contribution in [3.8, 4) is 0 Å². The number of rotatable bonds is 3. The normalized spacial score (nSPS) is 12.4. The minimum atomic E-state index is 1.03. The Labute approximate surface area is 122 Å². The summed E-state index contributed by atoms with van der Waals surface area (Å²) < 4.78 is 3.55. The van der Waals surface area contributed by atoms with Gasteiger partial charge in [0.2, 0.25) is 0 Å². The molecular weight excluding hydrogens is 266 g/mol. The van der Waals surface area contributed by atoms with E-state index in [4.69, 9.17) is 0 Å². The van der Waals surface area contributed by atoms with Gasteiger partial charge < -0.3 is 0 Å². The number of thiazole rings is 1. The number of para-hydroxylation sites is 2. The molecule has 0 spiro atoms. The molecule has 0 aliphatic heterocycles. The maximum atomic E-state index is 3.46.